The molecule has 15 heavy (non-hydrogen) atoms. The molecule has 0 fully saturated rings. The van der Waals surface area contributed by atoms with Gasteiger partial charge in [-0.05, 0) is 30.6 Å². The van der Waals surface area contributed by atoms with Crippen LogP contribution in [0.3, 0.4) is 0 Å². The fourth-order valence-electron chi connectivity index (χ4n) is 1.22. The SMILES string of the molecule is CC(C)CCOCCCC(Cl)C(C)(C)C. The molecule has 0 rings (SSSR count). The van der Waals surface area contributed by atoms with Crippen molar-refractivity contribution in [3.63, 3.8) is 0 Å². The smallest absolute Gasteiger partial charge is 0.0468 e. The van der Waals surface area contributed by atoms with Crippen molar-refractivity contribution in [2.45, 2.75) is 59.3 Å². The van der Waals surface area contributed by atoms with Crippen molar-refractivity contribution in [3.05, 3.63) is 0 Å². The van der Waals surface area contributed by atoms with E-state index in [-0.39, 0.29) is 10.8 Å². The van der Waals surface area contributed by atoms with Crippen LogP contribution in [0.2, 0.25) is 0 Å². The molecule has 1 unspecified atom stereocenters. The summed E-state index contributed by atoms with van der Waals surface area (Å²) < 4.78 is 5.55. The van der Waals surface area contributed by atoms with Crippen LogP contribution >= 0.6 is 11.6 Å². The zero-order valence-electron chi connectivity index (χ0n) is 11.0. The van der Waals surface area contributed by atoms with Crippen molar-refractivity contribution < 1.29 is 4.74 Å². The van der Waals surface area contributed by atoms with Gasteiger partial charge in [-0.3, -0.25) is 0 Å². The first-order valence-electron chi connectivity index (χ1n) is 6.06. The number of halogens is 1. The summed E-state index contributed by atoms with van der Waals surface area (Å²) in [4.78, 5) is 0. The summed E-state index contributed by atoms with van der Waals surface area (Å²) in [6.07, 6.45) is 3.28. The van der Waals surface area contributed by atoms with Crippen LogP contribution in [0.1, 0.15) is 53.9 Å². The summed E-state index contributed by atoms with van der Waals surface area (Å²) in [5.74, 6) is 0.736. The molecule has 0 aliphatic rings. The van der Waals surface area contributed by atoms with Crippen molar-refractivity contribution in [2.75, 3.05) is 13.2 Å². The van der Waals surface area contributed by atoms with Gasteiger partial charge >= 0.3 is 0 Å². The zero-order chi connectivity index (χ0) is 11.9. The lowest BCUT2D eigenvalue weighted by Crippen LogP contribution is -2.21. The first kappa shape index (κ1) is 15.2. The van der Waals surface area contributed by atoms with Crippen LogP contribution in [-0.4, -0.2) is 18.6 Å². The monoisotopic (exact) mass is 234 g/mol. The Kier molecular flexibility index (Phi) is 7.64. The van der Waals surface area contributed by atoms with E-state index in [0.29, 0.717) is 0 Å². The predicted octanol–water partition coefficient (Wildman–Crippen LogP) is 4.48. The van der Waals surface area contributed by atoms with Crippen molar-refractivity contribution in [3.8, 4) is 0 Å². The Labute approximate surface area is 101 Å². The third-order valence-corrected chi connectivity index (χ3v) is 3.40. The van der Waals surface area contributed by atoms with Gasteiger partial charge in [0.05, 0.1) is 0 Å². The number of rotatable bonds is 7. The lowest BCUT2D eigenvalue weighted by Gasteiger charge is -2.24. The van der Waals surface area contributed by atoms with Crippen LogP contribution in [0.15, 0.2) is 0 Å². The van der Waals surface area contributed by atoms with Gasteiger partial charge in [0, 0.05) is 18.6 Å². The van der Waals surface area contributed by atoms with Gasteiger partial charge in [-0.15, -0.1) is 11.6 Å². The van der Waals surface area contributed by atoms with Crippen LogP contribution in [0.4, 0.5) is 0 Å². The molecule has 2 heteroatoms. The van der Waals surface area contributed by atoms with Gasteiger partial charge in [0.15, 0.2) is 0 Å². The fourth-order valence-corrected chi connectivity index (χ4v) is 1.37. The molecule has 0 heterocycles. The minimum absolute atomic E-state index is 0.208. The molecule has 0 bridgehead atoms. The van der Waals surface area contributed by atoms with Crippen LogP contribution in [0.5, 0.6) is 0 Å². The maximum atomic E-state index is 6.26. The molecule has 0 spiro atoms. The molecule has 92 valence electrons. The van der Waals surface area contributed by atoms with Gasteiger partial charge in [-0.2, -0.15) is 0 Å². The zero-order valence-corrected chi connectivity index (χ0v) is 11.7. The maximum absolute atomic E-state index is 6.26. The number of ether oxygens (including phenoxy) is 1. The molecule has 1 atom stereocenters. The van der Waals surface area contributed by atoms with E-state index >= 15 is 0 Å². The number of hydrogen-bond donors (Lipinski definition) is 0. The first-order valence-corrected chi connectivity index (χ1v) is 6.49. The number of alkyl halides is 1. The Bertz CT molecular complexity index is 149. The Balaban J connectivity index is 3.32. The highest BCUT2D eigenvalue weighted by Crippen LogP contribution is 2.27. The minimum Gasteiger partial charge on any atom is -0.381 e. The molecule has 0 aromatic heterocycles. The molecular formula is C13H27ClO. The second-order valence-corrected chi connectivity index (χ2v) is 6.30. The summed E-state index contributed by atoms with van der Waals surface area (Å²) in [6.45, 7) is 12.7. The Morgan fingerprint density at radius 2 is 1.67 bits per heavy atom. The van der Waals surface area contributed by atoms with Crippen molar-refractivity contribution >= 4 is 11.6 Å². The second kappa shape index (κ2) is 7.51. The molecule has 0 radical (unpaired) electrons. The largest absolute Gasteiger partial charge is 0.381 e. The van der Waals surface area contributed by atoms with Crippen LogP contribution in [0, 0.1) is 11.3 Å². The molecule has 0 aromatic carbocycles. The third-order valence-electron chi connectivity index (χ3n) is 2.53. The summed E-state index contributed by atoms with van der Waals surface area (Å²) >= 11 is 6.26. The molecule has 0 saturated carbocycles. The first-order chi connectivity index (χ1) is 6.84. The minimum atomic E-state index is 0.208. The van der Waals surface area contributed by atoms with E-state index in [4.69, 9.17) is 16.3 Å². The van der Waals surface area contributed by atoms with E-state index < -0.39 is 0 Å². The normalized spacial score (nSPS) is 14.6. The average Bonchev–Trinajstić information content (AvgIpc) is 2.08. The summed E-state index contributed by atoms with van der Waals surface area (Å²) in [5.41, 5.74) is 0.208. The van der Waals surface area contributed by atoms with Crippen molar-refractivity contribution in [1.29, 1.82) is 0 Å². The van der Waals surface area contributed by atoms with Gasteiger partial charge in [0.2, 0.25) is 0 Å². The molecular weight excluding hydrogens is 208 g/mol. The lowest BCUT2D eigenvalue weighted by molar-refractivity contribution is 0.118. The molecule has 1 nitrogen and oxygen atoms in total. The maximum Gasteiger partial charge on any atom is 0.0468 e. The van der Waals surface area contributed by atoms with Crippen molar-refractivity contribution in [1.82, 2.24) is 0 Å². The predicted molar refractivity (Wildman–Crippen MR) is 68.6 cm³/mol. The third kappa shape index (κ3) is 9.19. The van der Waals surface area contributed by atoms with E-state index in [0.717, 1.165) is 38.4 Å². The average molecular weight is 235 g/mol. The highest BCUT2D eigenvalue weighted by molar-refractivity contribution is 6.21. The van der Waals surface area contributed by atoms with Crippen LogP contribution in [-0.2, 0) is 4.74 Å². The topological polar surface area (TPSA) is 9.23 Å². The fraction of sp³-hybridized carbons (Fsp3) is 1.00. The molecule has 0 aliphatic heterocycles. The summed E-state index contributed by atoms with van der Waals surface area (Å²) in [6, 6.07) is 0. The Hall–Kier alpha value is 0.250. The summed E-state index contributed by atoms with van der Waals surface area (Å²) in [5, 5.41) is 0.256. The Morgan fingerprint density at radius 1 is 1.07 bits per heavy atom. The van der Waals surface area contributed by atoms with E-state index in [1.54, 1.807) is 0 Å². The standard InChI is InChI=1S/C13H27ClO/c1-11(2)8-10-15-9-6-7-12(14)13(3,4)5/h11-12H,6-10H2,1-5H3. The van der Waals surface area contributed by atoms with Gasteiger partial charge < -0.3 is 4.74 Å². The molecule has 0 amide bonds. The van der Waals surface area contributed by atoms with Crippen LogP contribution < -0.4 is 0 Å². The quantitative estimate of drug-likeness (QED) is 0.466. The molecule has 0 N–H and O–H groups in total. The van der Waals surface area contributed by atoms with Gasteiger partial charge in [0.25, 0.3) is 0 Å². The molecule has 0 aliphatic carbocycles. The van der Waals surface area contributed by atoms with Gasteiger partial charge in [-0.25, -0.2) is 0 Å². The van der Waals surface area contributed by atoms with E-state index in [1.165, 1.54) is 0 Å². The van der Waals surface area contributed by atoms with Gasteiger partial charge in [-0.1, -0.05) is 34.6 Å². The Morgan fingerprint density at radius 3 is 2.13 bits per heavy atom. The van der Waals surface area contributed by atoms with E-state index in [9.17, 15) is 0 Å². The highest BCUT2D eigenvalue weighted by Gasteiger charge is 2.21. The van der Waals surface area contributed by atoms with Crippen molar-refractivity contribution in [2.24, 2.45) is 11.3 Å². The highest BCUT2D eigenvalue weighted by atomic mass is 35.5. The van der Waals surface area contributed by atoms with E-state index in [1.807, 2.05) is 0 Å². The molecule has 0 saturated heterocycles. The summed E-state index contributed by atoms with van der Waals surface area (Å²) in [7, 11) is 0. The molecule has 0 aromatic rings. The van der Waals surface area contributed by atoms with E-state index in [2.05, 4.69) is 34.6 Å². The second-order valence-electron chi connectivity index (χ2n) is 5.77. The lowest BCUT2D eigenvalue weighted by atomic mass is 9.89. The van der Waals surface area contributed by atoms with Gasteiger partial charge in [0.1, 0.15) is 0 Å². The van der Waals surface area contributed by atoms with Crippen LogP contribution in [0.25, 0.3) is 0 Å². The number of hydrogen-bond acceptors (Lipinski definition) is 1.